The second-order valence-corrected chi connectivity index (χ2v) is 9.53. The zero-order valence-electron chi connectivity index (χ0n) is 21.9. The Balaban J connectivity index is 1.45. The van der Waals surface area contributed by atoms with Crippen LogP contribution >= 0.6 is 0 Å². The molecule has 0 spiro atoms. The predicted molar refractivity (Wildman–Crippen MR) is 150 cm³/mol. The minimum Gasteiger partial charge on any atom is -0.497 e. The maximum absolute atomic E-state index is 6.67. The topological polar surface area (TPSA) is 92.6 Å². The van der Waals surface area contributed by atoms with Crippen molar-refractivity contribution in [2.24, 2.45) is 5.73 Å². The molecule has 2 aliphatic rings. The quantitative estimate of drug-likeness (QED) is 0.302. The highest BCUT2D eigenvalue weighted by molar-refractivity contribution is 5.76. The molecule has 196 valence electrons. The van der Waals surface area contributed by atoms with Gasteiger partial charge in [0.2, 0.25) is 11.7 Å². The lowest BCUT2D eigenvalue weighted by Crippen LogP contribution is -2.23. The van der Waals surface area contributed by atoms with Crippen molar-refractivity contribution in [2.75, 3.05) is 14.2 Å². The van der Waals surface area contributed by atoms with Gasteiger partial charge in [0.25, 0.3) is 5.89 Å². The molecule has 1 atom stereocenters. The average Bonchev–Trinajstić information content (AvgIpc) is 3.48. The van der Waals surface area contributed by atoms with E-state index in [-0.39, 0.29) is 11.8 Å². The van der Waals surface area contributed by atoms with Gasteiger partial charge < -0.3 is 24.5 Å². The van der Waals surface area contributed by atoms with Gasteiger partial charge in [-0.05, 0) is 71.9 Å². The van der Waals surface area contributed by atoms with Crippen molar-refractivity contribution < 1.29 is 18.7 Å². The third-order valence-electron chi connectivity index (χ3n) is 7.18. The largest absolute Gasteiger partial charge is 0.497 e. The first kappa shape index (κ1) is 24.6. The number of hydrogen-bond acceptors (Lipinski definition) is 7. The summed E-state index contributed by atoms with van der Waals surface area (Å²) in [5, 5.41) is 4.25. The summed E-state index contributed by atoms with van der Waals surface area (Å²) in [7, 11) is 3.33. The van der Waals surface area contributed by atoms with Crippen LogP contribution in [-0.2, 0) is 4.74 Å². The number of aromatic nitrogens is 2. The van der Waals surface area contributed by atoms with E-state index in [0.717, 1.165) is 64.4 Å². The van der Waals surface area contributed by atoms with Gasteiger partial charge in [-0.3, -0.25) is 0 Å². The molecule has 0 bridgehead atoms. The fourth-order valence-electron chi connectivity index (χ4n) is 5.26. The molecule has 0 saturated carbocycles. The van der Waals surface area contributed by atoms with Crippen molar-refractivity contribution in [3.8, 4) is 22.9 Å². The Kier molecular flexibility index (Phi) is 6.63. The minimum absolute atomic E-state index is 0.205. The van der Waals surface area contributed by atoms with Crippen molar-refractivity contribution >= 4 is 11.6 Å². The van der Waals surface area contributed by atoms with Crippen molar-refractivity contribution in [3.63, 3.8) is 0 Å². The summed E-state index contributed by atoms with van der Waals surface area (Å²) in [6.45, 7) is 0. The van der Waals surface area contributed by atoms with Gasteiger partial charge in [-0.1, -0.05) is 59.8 Å². The lowest BCUT2D eigenvalue weighted by Gasteiger charge is -2.34. The molecule has 4 aromatic rings. The van der Waals surface area contributed by atoms with Crippen LogP contribution in [0, 0.1) is 0 Å². The number of rotatable bonds is 6. The maximum Gasteiger partial charge on any atom is 0.260 e. The first-order valence-corrected chi connectivity index (χ1v) is 12.9. The number of methoxy groups -OCH3 is 2. The van der Waals surface area contributed by atoms with Crippen molar-refractivity contribution in [2.45, 2.75) is 25.2 Å². The molecule has 0 amide bonds. The molecule has 3 aromatic carbocycles. The highest BCUT2D eigenvalue weighted by Gasteiger charge is 2.38. The number of hydrogen-bond donors (Lipinski definition) is 1. The molecule has 2 N–H and O–H groups in total. The van der Waals surface area contributed by atoms with E-state index in [1.807, 2.05) is 66.7 Å². The molecule has 6 rings (SSSR count). The van der Waals surface area contributed by atoms with E-state index in [1.165, 1.54) is 0 Å². The normalized spacial score (nSPS) is 18.1. The third-order valence-corrected chi connectivity index (χ3v) is 7.18. The van der Waals surface area contributed by atoms with Crippen molar-refractivity contribution in [1.82, 2.24) is 10.1 Å². The summed E-state index contributed by atoms with van der Waals surface area (Å²) in [6.07, 6.45) is 4.91. The number of nitrogens with two attached hydrogens (primary N) is 1. The van der Waals surface area contributed by atoms with Crippen LogP contribution in [0.15, 0.2) is 106 Å². The second kappa shape index (κ2) is 10.5. The van der Waals surface area contributed by atoms with Gasteiger partial charge in [-0.15, -0.1) is 0 Å². The number of nitrogens with zero attached hydrogens (tertiary/aromatic N) is 2. The average molecular weight is 520 g/mol. The third kappa shape index (κ3) is 4.79. The van der Waals surface area contributed by atoms with Crippen LogP contribution in [-0.4, -0.2) is 24.4 Å². The lowest BCUT2D eigenvalue weighted by atomic mass is 9.76. The van der Waals surface area contributed by atoms with Crippen LogP contribution < -0.4 is 15.2 Å². The van der Waals surface area contributed by atoms with Gasteiger partial charge >= 0.3 is 0 Å². The number of ether oxygens (including phenoxy) is 3. The molecule has 0 radical (unpaired) electrons. The monoisotopic (exact) mass is 519 g/mol. The fourth-order valence-corrected chi connectivity index (χ4v) is 5.26. The first-order chi connectivity index (χ1) is 19.1. The summed E-state index contributed by atoms with van der Waals surface area (Å²) in [5.74, 6) is 3.34. The number of benzene rings is 3. The standard InChI is InChI=1S/C32H29N3O4/c1-36-24-15-11-20(12-16-24)19-23-9-6-10-26-27(21-13-17-25(37-2)18-14-21)28(30(33)38-29(23)26)32-34-31(35-39-32)22-7-4-3-5-8-22/h3-5,7-8,11-19,27H,6,9-10,33H2,1-2H3/b23-19+/t27-/m1/s1. The van der Waals surface area contributed by atoms with E-state index in [2.05, 4.69) is 23.4 Å². The second-order valence-electron chi connectivity index (χ2n) is 9.53. The van der Waals surface area contributed by atoms with E-state index in [1.54, 1.807) is 14.2 Å². The predicted octanol–water partition coefficient (Wildman–Crippen LogP) is 6.72. The molecular weight excluding hydrogens is 490 g/mol. The van der Waals surface area contributed by atoms with E-state index < -0.39 is 0 Å². The van der Waals surface area contributed by atoms with E-state index in [0.29, 0.717) is 17.3 Å². The zero-order valence-corrected chi connectivity index (χ0v) is 21.9. The zero-order chi connectivity index (χ0) is 26.8. The Hall–Kier alpha value is -4.78. The summed E-state index contributed by atoms with van der Waals surface area (Å²) < 4.78 is 22.9. The smallest absolute Gasteiger partial charge is 0.260 e. The molecule has 1 aliphatic carbocycles. The number of allylic oxidation sites excluding steroid dienone is 3. The van der Waals surface area contributed by atoms with Gasteiger partial charge in [0.1, 0.15) is 17.3 Å². The van der Waals surface area contributed by atoms with E-state index in [9.17, 15) is 0 Å². The first-order valence-electron chi connectivity index (χ1n) is 12.9. The Bertz CT molecular complexity index is 1570. The molecule has 39 heavy (non-hydrogen) atoms. The molecule has 0 fully saturated rings. The summed E-state index contributed by atoms with van der Waals surface area (Å²) >= 11 is 0. The van der Waals surface area contributed by atoms with Gasteiger partial charge in [0.15, 0.2) is 0 Å². The highest BCUT2D eigenvalue weighted by Crippen LogP contribution is 2.50. The lowest BCUT2D eigenvalue weighted by molar-refractivity contribution is 0.282. The van der Waals surface area contributed by atoms with Crippen molar-refractivity contribution in [3.05, 3.63) is 119 Å². The van der Waals surface area contributed by atoms with Gasteiger partial charge in [0.05, 0.1) is 19.8 Å². The Labute approximate surface area is 227 Å². The molecule has 1 aliphatic heterocycles. The summed E-state index contributed by atoms with van der Waals surface area (Å²) in [5.41, 5.74) is 12.6. The molecule has 7 nitrogen and oxygen atoms in total. The van der Waals surface area contributed by atoms with Crippen LogP contribution in [0.25, 0.3) is 23.0 Å². The van der Waals surface area contributed by atoms with Gasteiger partial charge in [0, 0.05) is 11.5 Å². The molecule has 1 aromatic heterocycles. The highest BCUT2D eigenvalue weighted by atomic mass is 16.5. The van der Waals surface area contributed by atoms with Crippen LogP contribution in [0.5, 0.6) is 11.5 Å². The molecule has 0 saturated heterocycles. The Morgan fingerprint density at radius 1 is 0.872 bits per heavy atom. The summed E-state index contributed by atoms with van der Waals surface area (Å²) in [6, 6.07) is 25.8. The Morgan fingerprint density at radius 3 is 2.26 bits per heavy atom. The van der Waals surface area contributed by atoms with Crippen LogP contribution in [0.1, 0.15) is 42.2 Å². The van der Waals surface area contributed by atoms with Gasteiger partial charge in [-0.2, -0.15) is 4.98 Å². The van der Waals surface area contributed by atoms with Crippen LogP contribution in [0.2, 0.25) is 0 Å². The van der Waals surface area contributed by atoms with Crippen molar-refractivity contribution in [1.29, 1.82) is 0 Å². The van der Waals surface area contributed by atoms with Crippen LogP contribution in [0.4, 0.5) is 0 Å². The molecule has 2 heterocycles. The van der Waals surface area contributed by atoms with Gasteiger partial charge in [-0.25, -0.2) is 0 Å². The molecular formula is C32H29N3O4. The SMILES string of the molecule is COc1ccc(/C=C2\CCCC3=C2OC(N)=C(c2nc(-c4ccccc4)no2)[C@@H]3c2ccc(OC)cc2)cc1. The van der Waals surface area contributed by atoms with E-state index in [4.69, 9.17) is 29.5 Å². The Morgan fingerprint density at radius 2 is 1.56 bits per heavy atom. The fraction of sp³-hybridized carbons (Fsp3) is 0.188. The van der Waals surface area contributed by atoms with Crippen LogP contribution in [0.3, 0.4) is 0 Å². The summed E-state index contributed by atoms with van der Waals surface area (Å²) in [4.78, 5) is 4.74. The maximum atomic E-state index is 6.67. The van der Waals surface area contributed by atoms with E-state index >= 15 is 0 Å². The molecule has 0 unspecified atom stereocenters. The minimum atomic E-state index is -0.205. The molecule has 7 heteroatoms.